The zero-order valence-electron chi connectivity index (χ0n) is 13.1. The number of furan rings is 1. The molecule has 0 aliphatic carbocycles. The van der Waals surface area contributed by atoms with Crippen LogP contribution in [0.5, 0.6) is 0 Å². The van der Waals surface area contributed by atoms with Crippen LogP contribution in [-0.4, -0.2) is 32.2 Å². The van der Waals surface area contributed by atoms with Crippen molar-refractivity contribution in [3.8, 4) is 0 Å². The minimum atomic E-state index is 0.747. The van der Waals surface area contributed by atoms with E-state index in [-0.39, 0.29) is 0 Å². The van der Waals surface area contributed by atoms with Gasteiger partial charge in [0.25, 0.3) is 0 Å². The van der Waals surface area contributed by atoms with Crippen LogP contribution in [-0.2, 0) is 6.54 Å². The molecule has 0 unspecified atom stereocenters. The van der Waals surface area contributed by atoms with E-state index in [1.54, 1.807) is 0 Å². The summed E-state index contributed by atoms with van der Waals surface area (Å²) >= 11 is 0. The fraction of sp³-hybridized carbons (Fsp3) is 0.278. The van der Waals surface area contributed by atoms with Crippen molar-refractivity contribution in [3.63, 3.8) is 0 Å². The number of benzene rings is 1. The number of likely N-dealkylation sites (N-methyl/N-ethyl adjacent to an activating group) is 1. The van der Waals surface area contributed by atoms with Gasteiger partial charge in [0, 0.05) is 24.2 Å². The van der Waals surface area contributed by atoms with Crippen LogP contribution < -0.4 is 9.80 Å². The quantitative estimate of drug-likeness (QED) is 0.561. The summed E-state index contributed by atoms with van der Waals surface area (Å²) in [4.78, 5) is 4.44. The molecule has 4 nitrogen and oxygen atoms in total. The summed E-state index contributed by atoms with van der Waals surface area (Å²) in [5, 5.41) is 4.61. The lowest BCUT2D eigenvalue weighted by Crippen LogP contribution is -2.45. The Hall–Kier alpha value is -2.17. The lowest BCUT2D eigenvalue weighted by Gasteiger charge is -2.27. The lowest BCUT2D eigenvalue weighted by molar-refractivity contribution is 0.377. The molecular formula is C18H22N3O+. The number of pyridine rings is 1. The van der Waals surface area contributed by atoms with Gasteiger partial charge in [0.15, 0.2) is 0 Å². The van der Waals surface area contributed by atoms with Gasteiger partial charge < -0.3 is 9.73 Å². The molecule has 0 amide bonds. The van der Waals surface area contributed by atoms with E-state index in [1.807, 2.05) is 36.5 Å². The maximum atomic E-state index is 5.80. The van der Waals surface area contributed by atoms with E-state index in [0.717, 1.165) is 46.7 Å². The molecule has 2 aromatic heterocycles. The third-order valence-corrected chi connectivity index (χ3v) is 3.89. The predicted octanol–water partition coefficient (Wildman–Crippen LogP) is 3.18. The molecule has 0 spiro atoms. The van der Waals surface area contributed by atoms with Gasteiger partial charge in [-0.3, -0.25) is 4.48 Å². The molecule has 0 saturated carbocycles. The average molecular weight is 296 g/mol. The van der Waals surface area contributed by atoms with E-state index in [1.165, 1.54) is 0 Å². The Morgan fingerprint density at radius 1 is 1.09 bits per heavy atom. The first-order valence-electron chi connectivity index (χ1n) is 7.58. The molecule has 2 heterocycles. The molecule has 0 fully saturated rings. The lowest BCUT2D eigenvalue weighted by atomic mass is 10.2. The van der Waals surface area contributed by atoms with E-state index in [0.29, 0.717) is 0 Å². The van der Waals surface area contributed by atoms with Crippen LogP contribution in [0, 0.1) is 0 Å². The van der Waals surface area contributed by atoms with Gasteiger partial charge in [-0.25, -0.2) is 4.98 Å². The number of rotatable bonds is 6. The Morgan fingerprint density at radius 3 is 2.68 bits per heavy atom. The average Bonchev–Trinajstić information content (AvgIpc) is 2.95. The molecule has 0 bridgehead atoms. The summed E-state index contributed by atoms with van der Waals surface area (Å²) in [7, 11) is 4.34. The third-order valence-electron chi connectivity index (χ3n) is 3.89. The van der Waals surface area contributed by atoms with E-state index < -0.39 is 0 Å². The number of nitrogens with zero attached hydrogens (tertiary/aromatic N) is 2. The normalized spacial score (nSPS) is 11.9. The van der Waals surface area contributed by atoms with Crippen molar-refractivity contribution >= 4 is 16.8 Å². The number of quaternary nitrogens is 1. The van der Waals surface area contributed by atoms with Crippen molar-refractivity contribution in [2.45, 2.75) is 6.54 Å². The van der Waals surface area contributed by atoms with Crippen LogP contribution in [0.1, 0.15) is 5.76 Å². The first-order valence-corrected chi connectivity index (χ1v) is 7.58. The van der Waals surface area contributed by atoms with Gasteiger partial charge in [-0.15, -0.1) is 0 Å². The molecule has 114 valence electrons. The Balaban J connectivity index is 1.53. The Kier molecular flexibility index (Phi) is 4.22. The highest BCUT2D eigenvalue weighted by Crippen LogP contribution is 2.18. The summed E-state index contributed by atoms with van der Waals surface area (Å²) < 4.78 is 6.56. The summed E-state index contributed by atoms with van der Waals surface area (Å²) in [5.41, 5.74) is 0.948. The SMILES string of the molecule is C[N+](C)(CCNCc1cc2ccccc2o1)c1ccccn1. The molecule has 0 radical (unpaired) electrons. The highest BCUT2D eigenvalue weighted by molar-refractivity contribution is 5.77. The van der Waals surface area contributed by atoms with Gasteiger partial charge in [0.2, 0.25) is 5.82 Å². The standard InChI is InChI=1S/C18H22N3O/c1-21(2,18-9-5-6-10-20-18)12-11-19-14-16-13-15-7-3-4-8-17(15)22-16/h3-10,13,19H,11-12,14H2,1-2H3/q+1. The minimum absolute atomic E-state index is 0.747. The van der Waals surface area contributed by atoms with Gasteiger partial charge >= 0.3 is 0 Å². The van der Waals surface area contributed by atoms with Crippen LogP contribution >= 0.6 is 0 Å². The second kappa shape index (κ2) is 6.30. The van der Waals surface area contributed by atoms with Crippen LogP contribution in [0.4, 0.5) is 5.82 Å². The van der Waals surface area contributed by atoms with Gasteiger partial charge in [0.05, 0.1) is 27.2 Å². The number of aromatic nitrogens is 1. The molecule has 4 heteroatoms. The monoisotopic (exact) mass is 296 g/mol. The van der Waals surface area contributed by atoms with E-state index >= 15 is 0 Å². The minimum Gasteiger partial charge on any atom is -0.460 e. The maximum absolute atomic E-state index is 5.80. The molecule has 3 aromatic rings. The summed E-state index contributed by atoms with van der Waals surface area (Å²) in [6, 6.07) is 16.2. The summed E-state index contributed by atoms with van der Waals surface area (Å²) in [5.74, 6) is 2.05. The Labute approximate surface area is 131 Å². The first-order chi connectivity index (χ1) is 10.6. The zero-order chi connectivity index (χ0) is 15.4. The van der Waals surface area contributed by atoms with Gasteiger partial charge in [-0.2, -0.15) is 0 Å². The highest BCUT2D eigenvalue weighted by atomic mass is 16.3. The van der Waals surface area contributed by atoms with E-state index in [4.69, 9.17) is 4.42 Å². The molecule has 0 atom stereocenters. The van der Waals surface area contributed by atoms with Gasteiger partial charge in [-0.1, -0.05) is 24.3 Å². The smallest absolute Gasteiger partial charge is 0.227 e. The number of hydrogen-bond donors (Lipinski definition) is 1. The van der Waals surface area contributed by atoms with Crippen molar-refractivity contribution in [2.75, 3.05) is 27.2 Å². The third kappa shape index (κ3) is 3.35. The largest absolute Gasteiger partial charge is 0.460 e. The van der Waals surface area contributed by atoms with Crippen LogP contribution in [0.25, 0.3) is 11.0 Å². The second-order valence-corrected chi connectivity index (χ2v) is 6.02. The van der Waals surface area contributed by atoms with Crippen molar-refractivity contribution in [3.05, 3.63) is 60.5 Å². The topological polar surface area (TPSA) is 38.1 Å². The van der Waals surface area contributed by atoms with Crippen LogP contribution in [0.2, 0.25) is 0 Å². The Morgan fingerprint density at radius 2 is 1.91 bits per heavy atom. The molecule has 1 N–H and O–H groups in total. The molecule has 0 aliphatic heterocycles. The first kappa shape index (κ1) is 14.8. The van der Waals surface area contributed by atoms with Crippen LogP contribution in [0.3, 0.4) is 0 Å². The molecule has 0 saturated heterocycles. The number of fused-ring (bicyclic) bond motifs is 1. The van der Waals surface area contributed by atoms with Gasteiger partial charge in [0.1, 0.15) is 11.3 Å². The zero-order valence-corrected chi connectivity index (χ0v) is 13.1. The molecular weight excluding hydrogens is 274 g/mol. The van der Waals surface area contributed by atoms with E-state index in [2.05, 4.69) is 42.6 Å². The number of para-hydroxylation sites is 1. The van der Waals surface area contributed by atoms with Gasteiger partial charge in [-0.05, 0) is 18.2 Å². The summed E-state index contributed by atoms with van der Waals surface area (Å²) in [6.07, 6.45) is 1.84. The number of nitrogens with one attached hydrogen (secondary N) is 1. The van der Waals surface area contributed by atoms with Crippen LogP contribution in [0.15, 0.2) is 59.1 Å². The molecule has 3 rings (SSSR count). The molecule has 22 heavy (non-hydrogen) atoms. The predicted molar refractivity (Wildman–Crippen MR) is 90.7 cm³/mol. The maximum Gasteiger partial charge on any atom is 0.227 e. The Bertz CT molecular complexity index is 701. The van der Waals surface area contributed by atoms with Crippen molar-refractivity contribution in [2.24, 2.45) is 0 Å². The van der Waals surface area contributed by atoms with E-state index in [9.17, 15) is 0 Å². The second-order valence-electron chi connectivity index (χ2n) is 6.02. The summed E-state index contributed by atoms with van der Waals surface area (Å²) in [6.45, 7) is 2.62. The van der Waals surface area contributed by atoms with Crippen molar-refractivity contribution < 1.29 is 4.42 Å². The molecule has 0 aliphatic rings. The molecule has 1 aromatic carbocycles. The van der Waals surface area contributed by atoms with Crippen molar-refractivity contribution in [1.82, 2.24) is 14.8 Å². The fourth-order valence-electron chi connectivity index (χ4n) is 2.52. The number of hydrogen-bond acceptors (Lipinski definition) is 3. The van der Waals surface area contributed by atoms with Crippen molar-refractivity contribution in [1.29, 1.82) is 0 Å². The fourth-order valence-corrected chi connectivity index (χ4v) is 2.52. The highest BCUT2D eigenvalue weighted by Gasteiger charge is 2.19.